The summed E-state index contributed by atoms with van der Waals surface area (Å²) in [5, 5.41) is 2.81. The molecule has 0 aliphatic rings. The third-order valence-corrected chi connectivity index (χ3v) is 3.06. The molecule has 2 aromatic rings. The van der Waals surface area contributed by atoms with Gasteiger partial charge in [0.2, 0.25) is 11.8 Å². The standard InChI is InChI=1S/C12H9BrF3N3O/c1-20-10-7(12(14,15)16)6-17-11(19-10)18-9-5-3-2-4-8(9)13/h2-6H,1H3,(H,17,18,19). The maximum absolute atomic E-state index is 12.7. The summed E-state index contributed by atoms with van der Waals surface area (Å²) in [4.78, 5) is 7.36. The smallest absolute Gasteiger partial charge is 0.423 e. The highest BCUT2D eigenvalue weighted by atomic mass is 79.9. The topological polar surface area (TPSA) is 47.0 Å². The first-order valence-corrected chi connectivity index (χ1v) is 6.21. The second-order valence-electron chi connectivity index (χ2n) is 3.72. The van der Waals surface area contributed by atoms with Crippen LogP contribution in [0, 0.1) is 0 Å². The zero-order valence-corrected chi connectivity index (χ0v) is 11.8. The van der Waals surface area contributed by atoms with E-state index in [4.69, 9.17) is 0 Å². The van der Waals surface area contributed by atoms with Crippen molar-refractivity contribution in [2.45, 2.75) is 6.18 Å². The quantitative estimate of drug-likeness (QED) is 0.911. The lowest BCUT2D eigenvalue weighted by Gasteiger charge is -2.12. The first kappa shape index (κ1) is 14.6. The van der Waals surface area contributed by atoms with Gasteiger partial charge in [0.05, 0.1) is 12.8 Å². The lowest BCUT2D eigenvalue weighted by molar-refractivity contribution is -0.139. The van der Waals surface area contributed by atoms with Crippen LogP contribution in [0.3, 0.4) is 0 Å². The van der Waals surface area contributed by atoms with Crippen LogP contribution >= 0.6 is 15.9 Å². The number of rotatable bonds is 3. The molecule has 0 fully saturated rings. The van der Waals surface area contributed by atoms with Crippen molar-refractivity contribution >= 4 is 27.6 Å². The first-order valence-electron chi connectivity index (χ1n) is 5.41. The lowest BCUT2D eigenvalue weighted by atomic mass is 10.3. The van der Waals surface area contributed by atoms with Crippen molar-refractivity contribution in [3.8, 4) is 5.88 Å². The fourth-order valence-corrected chi connectivity index (χ4v) is 1.84. The van der Waals surface area contributed by atoms with Crippen LogP contribution in [0.25, 0.3) is 0 Å². The van der Waals surface area contributed by atoms with Gasteiger partial charge in [0.15, 0.2) is 0 Å². The summed E-state index contributed by atoms with van der Waals surface area (Å²) in [6, 6.07) is 7.10. The minimum absolute atomic E-state index is 0.0155. The van der Waals surface area contributed by atoms with Crippen LogP contribution in [0.15, 0.2) is 34.9 Å². The average Bonchev–Trinajstić information content (AvgIpc) is 2.40. The van der Waals surface area contributed by atoms with Crippen molar-refractivity contribution in [1.29, 1.82) is 0 Å². The van der Waals surface area contributed by atoms with Gasteiger partial charge >= 0.3 is 6.18 Å². The molecule has 1 N–H and O–H groups in total. The van der Waals surface area contributed by atoms with Gasteiger partial charge in [0.1, 0.15) is 5.56 Å². The average molecular weight is 348 g/mol. The maximum atomic E-state index is 12.7. The molecule has 8 heteroatoms. The van der Waals surface area contributed by atoms with Crippen LogP contribution in [0.1, 0.15) is 5.56 Å². The largest absolute Gasteiger partial charge is 0.480 e. The molecular formula is C12H9BrF3N3O. The number of nitrogens with zero attached hydrogens (tertiary/aromatic N) is 2. The predicted octanol–water partition coefficient (Wildman–Crippen LogP) is 4.01. The van der Waals surface area contributed by atoms with Gasteiger partial charge in [0.25, 0.3) is 0 Å². The van der Waals surface area contributed by atoms with Crippen LogP contribution in [0.5, 0.6) is 5.88 Å². The van der Waals surface area contributed by atoms with E-state index in [1.54, 1.807) is 18.2 Å². The number of anilines is 2. The Morgan fingerprint density at radius 1 is 1.25 bits per heavy atom. The Balaban J connectivity index is 2.33. The van der Waals surface area contributed by atoms with Crippen LogP contribution in [0.4, 0.5) is 24.8 Å². The van der Waals surface area contributed by atoms with Crippen LogP contribution in [0.2, 0.25) is 0 Å². The number of hydrogen-bond acceptors (Lipinski definition) is 4. The molecule has 2 rings (SSSR count). The lowest BCUT2D eigenvalue weighted by Crippen LogP contribution is -2.11. The molecule has 0 saturated heterocycles. The van der Waals surface area contributed by atoms with Crippen LogP contribution in [-0.2, 0) is 6.18 Å². The molecule has 0 atom stereocenters. The molecule has 0 spiro atoms. The van der Waals surface area contributed by atoms with Crippen molar-refractivity contribution in [2.24, 2.45) is 0 Å². The Hall–Kier alpha value is -1.83. The molecule has 0 aliphatic carbocycles. The number of nitrogens with one attached hydrogen (secondary N) is 1. The third kappa shape index (κ3) is 3.19. The van der Waals surface area contributed by atoms with E-state index >= 15 is 0 Å². The number of para-hydroxylation sites is 1. The molecule has 0 saturated carbocycles. The van der Waals surface area contributed by atoms with Gasteiger partial charge in [0, 0.05) is 10.7 Å². The fourth-order valence-electron chi connectivity index (χ4n) is 1.46. The number of methoxy groups -OCH3 is 1. The third-order valence-electron chi connectivity index (χ3n) is 2.37. The Morgan fingerprint density at radius 2 is 1.95 bits per heavy atom. The van der Waals surface area contributed by atoms with Crippen molar-refractivity contribution in [1.82, 2.24) is 9.97 Å². The molecule has 0 aliphatic heterocycles. The van der Waals surface area contributed by atoms with E-state index in [1.807, 2.05) is 6.07 Å². The number of alkyl halides is 3. The number of aromatic nitrogens is 2. The summed E-state index contributed by atoms with van der Waals surface area (Å²) >= 11 is 3.31. The normalized spacial score (nSPS) is 11.2. The minimum atomic E-state index is -4.56. The minimum Gasteiger partial charge on any atom is -0.480 e. The molecule has 106 valence electrons. The molecule has 1 aromatic carbocycles. The van der Waals surface area contributed by atoms with Gasteiger partial charge in [-0.1, -0.05) is 12.1 Å². The van der Waals surface area contributed by atoms with Gasteiger partial charge in [-0.25, -0.2) is 4.98 Å². The van der Waals surface area contributed by atoms with Crippen molar-refractivity contribution in [3.63, 3.8) is 0 Å². The summed E-state index contributed by atoms with van der Waals surface area (Å²) in [6.45, 7) is 0. The second kappa shape index (κ2) is 5.66. The maximum Gasteiger partial charge on any atom is 0.423 e. The number of hydrogen-bond donors (Lipinski definition) is 1. The Bertz CT molecular complexity index is 619. The van der Waals surface area contributed by atoms with E-state index in [2.05, 4.69) is 36.0 Å². The summed E-state index contributed by atoms with van der Waals surface area (Å²) in [5.74, 6) is -0.510. The fraction of sp³-hybridized carbons (Fsp3) is 0.167. The number of benzene rings is 1. The molecule has 0 amide bonds. The van der Waals surface area contributed by atoms with Gasteiger partial charge in [-0.2, -0.15) is 18.2 Å². The van der Waals surface area contributed by atoms with E-state index in [1.165, 1.54) is 0 Å². The van der Waals surface area contributed by atoms with Crippen LogP contribution < -0.4 is 10.1 Å². The predicted molar refractivity (Wildman–Crippen MR) is 71.0 cm³/mol. The molecule has 20 heavy (non-hydrogen) atoms. The molecule has 4 nitrogen and oxygen atoms in total. The Kier molecular flexibility index (Phi) is 4.12. The van der Waals surface area contributed by atoms with E-state index in [0.29, 0.717) is 11.9 Å². The van der Waals surface area contributed by atoms with E-state index in [9.17, 15) is 13.2 Å². The molecule has 0 unspecified atom stereocenters. The van der Waals surface area contributed by atoms with Gasteiger partial charge in [-0.3, -0.25) is 0 Å². The summed E-state index contributed by atoms with van der Waals surface area (Å²) in [5.41, 5.74) is -0.382. The highest BCUT2D eigenvalue weighted by Gasteiger charge is 2.36. The second-order valence-corrected chi connectivity index (χ2v) is 4.57. The van der Waals surface area contributed by atoms with E-state index < -0.39 is 17.6 Å². The zero-order chi connectivity index (χ0) is 14.8. The monoisotopic (exact) mass is 347 g/mol. The van der Waals surface area contributed by atoms with Crippen molar-refractivity contribution < 1.29 is 17.9 Å². The van der Waals surface area contributed by atoms with Gasteiger partial charge in [-0.05, 0) is 28.1 Å². The van der Waals surface area contributed by atoms with E-state index in [-0.39, 0.29) is 5.95 Å². The molecule has 1 aromatic heterocycles. The summed E-state index contributed by atoms with van der Waals surface area (Å²) in [7, 11) is 1.12. The Labute approximate surface area is 121 Å². The summed E-state index contributed by atoms with van der Waals surface area (Å²) < 4.78 is 43.4. The molecule has 0 bridgehead atoms. The Morgan fingerprint density at radius 3 is 2.55 bits per heavy atom. The SMILES string of the molecule is COc1nc(Nc2ccccc2Br)ncc1C(F)(F)F. The van der Waals surface area contributed by atoms with Gasteiger partial charge < -0.3 is 10.1 Å². The highest BCUT2D eigenvalue weighted by Crippen LogP contribution is 2.35. The molecule has 1 heterocycles. The van der Waals surface area contributed by atoms with Crippen molar-refractivity contribution in [2.75, 3.05) is 12.4 Å². The number of ether oxygens (including phenoxy) is 1. The summed E-state index contributed by atoms with van der Waals surface area (Å²) in [6.07, 6.45) is -3.87. The molecule has 0 radical (unpaired) electrons. The number of halogens is 4. The zero-order valence-electron chi connectivity index (χ0n) is 10.2. The van der Waals surface area contributed by atoms with Crippen LogP contribution in [-0.4, -0.2) is 17.1 Å². The van der Waals surface area contributed by atoms with Gasteiger partial charge in [-0.15, -0.1) is 0 Å². The van der Waals surface area contributed by atoms with Crippen molar-refractivity contribution in [3.05, 3.63) is 40.5 Å². The first-order chi connectivity index (χ1) is 9.41. The highest BCUT2D eigenvalue weighted by molar-refractivity contribution is 9.10. The van der Waals surface area contributed by atoms with E-state index in [0.717, 1.165) is 11.6 Å². The molecular weight excluding hydrogens is 339 g/mol.